The smallest absolute Gasteiger partial charge is 0.243 e. The third-order valence-electron chi connectivity index (χ3n) is 7.43. The summed E-state index contributed by atoms with van der Waals surface area (Å²) in [7, 11) is -3.52. The molecule has 35 heavy (non-hydrogen) atoms. The summed E-state index contributed by atoms with van der Waals surface area (Å²) in [5.41, 5.74) is 3.47. The zero-order valence-corrected chi connectivity index (χ0v) is 21.4. The van der Waals surface area contributed by atoms with Gasteiger partial charge in [0.2, 0.25) is 10.0 Å². The molecule has 0 aliphatic carbocycles. The second kappa shape index (κ2) is 8.92. The van der Waals surface area contributed by atoms with Gasteiger partial charge in [0.25, 0.3) is 0 Å². The molecule has 6 heteroatoms. The third kappa shape index (κ3) is 3.99. The highest BCUT2D eigenvalue weighted by Gasteiger charge is 2.41. The molecule has 0 bridgehead atoms. The lowest BCUT2D eigenvalue weighted by atomic mass is 9.80. The molecule has 0 spiro atoms. The molecular weight excluding hydrogens is 456 g/mol. The van der Waals surface area contributed by atoms with E-state index in [2.05, 4.69) is 56.0 Å². The van der Waals surface area contributed by atoms with Crippen LogP contribution in [0.3, 0.4) is 0 Å². The number of carbonyl (C=O) groups excluding carboxylic acids is 1. The van der Waals surface area contributed by atoms with Crippen molar-refractivity contribution in [1.82, 2.24) is 4.31 Å². The van der Waals surface area contributed by atoms with Crippen molar-refractivity contribution in [2.45, 2.75) is 50.3 Å². The molecule has 0 amide bonds. The number of ketones is 1. The minimum absolute atomic E-state index is 0.120. The number of hydrogen-bond acceptors (Lipinski definition) is 4. The number of likely N-dealkylation sites (N-methyl/N-ethyl adjacent to an activating group) is 1. The van der Waals surface area contributed by atoms with Crippen molar-refractivity contribution in [2.75, 3.05) is 24.5 Å². The topological polar surface area (TPSA) is 57.7 Å². The highest BCUT2D eigenvalue weighted by molar-refractivity contribution is 7.89. The molecule has 3 aromatic rings. The first-order valence-electron chi connectivity index (χ1n) is 12.4. The quantitative estimate of drug-likeness (QED) is 0.331. The molecule has 2 aliphatic heterocycles. The maximum atomic E-state index is 13.4. The lowest BCUT2D eigenvalue weighted by Crippen LogP contribution is -2.35. The summed E-state index contributed by atoms with van der Waals surface area (Å²) in [6, 6.07) is 19.1. The van der Waals surface area contributed by atoms with Crippen molar-refractivity contribution in [1.29, 1.82) is 0 Å². The predicted octanol–water partition coefficient (Wildman–Crippen LogP) is 5.90. The summed E-state index contributed by atoms with van der Waals surface area (Å²) in [6.45, 7) is 8.31. The zero-order chi connectivity index (χ0) is 24.8. The van der Waals surface area contributed by atoms with Crippen LogP contribution in [0.15, 0.2) is 77.3 Å². The summed E-state index contributed by atoms with van der Waals surface area (Å²) >= 11 is 0. The standard InChI is InChI=1S/C29H32N2O3S/c1-4-31-25-17-14-21-10-6-7-11-24(21)28(25)29(2,3)27(31)20-26(32)22-12-15-23(16-13-22)35(33,34)30-18-8-5-9-19-30/h6-7,10-17,20H,4-5,8-9,18-19H2,1-3H3/b27-20+. The van der Waals surface area contributed by atoms with Crippen LogP contribution >= 0.6 is 0 Å². The fraction of sp³-hybridized carbons (Fsp3) is 0.345. The molecule has 0 aromatic heterocycles. The van der Waals surface area contributed by atoms with E-state index in [4.69, 9.17) is 0 Å². The van der Waals surface area contributed by atoms with E-state index in [1.807, 2.05) is 6.07 Å². The van der Waals surface area contributed by atoms with E-state index in [9.17, 15) is 13.2 Å². The molecule has 0 unspecified atom stereocenters. The highest BCUT2D eigenvalue weighted by atomic mass is 32.2. The number of benzene rings is 3. The Labute approximate surface area is 208 Å². The van der Waals surface area contributed by atoms with Gasteiger partial charge in [-0.2, -0.15) is 4.31 Å². The van der Waals surface area contributed by atoms with E-state index < -0.39 is 10.0 Å². The van der Waals surface area contributed by atoms with Gasteiger partial charge >= 0.3 is 0 Å². The molecule has 2 heterocycles. The Balaban J connectivity index is 1.48. The Morgan fingerprint density at radius 3 is 2.31 bits per heavy atom. The van der Waals surface area contributed by atoms with Crippen molar-refractivity contribution >= 4 is 32.3 Å². The van der Waals surface area contributed by atoms with Gasteiger partial charge in [-0.15, -0.1) is 0 Å². The van der Waals surface area contributed by atoms with Crippen LogP contribution in [-0.2, 0) is 15.4 Å². The lowest BCUT2D eigenvalue weighted by molar-refractivity contribution is 0.104. The summed E-state index contributed by atoms with van der Waals surface area (Å²) in [4.78, 5) is 15.8. The van der Waals surface area contributed by atoms with Gasteiger partial charge in [0.1, 0.15) is 0 Å². The van der Waals surface area contributed by atoms with Crippen molar-refractivity contribution in [3.63, 3.8) is 0 Å². The Bertz CT molecular complexity index is 1420. The number of allylic oxidation sites excluding steroid dienone is 2. The number of anilines is 1. The number of nitrogens with zero attached hydrogens (tertiary/aromatic N) is 2. The van der Waals surface area contributed by atoms with Gasteiger partial charge in [0.15, 0.2) is 5.78 Å². The fourth-order valence-corrected chi connectivity index (χ4v) is 7.11. The molecule has 1 saturated heterocycles. The molecule has 0 radical (unpaired) electrons. The minimum Gasteiger partial charge on any atom is -0.344 e. The van der Waals surface area contributed by atoms with Crippen LogP contribution in [0.2, 0.25) is 0 Å². The Morgan fingerprint density at radius 2 is 1.63 bits per heavy atom. The molecule has 1 fully saturated rings. The van der Waals surface area contributed by atoms with Gasteiger partial charge in [0, 0.05) is 48.1 Å². The summed E-state index contributed by atoms with van der Waals surface area (Å²) in [5.74, 6) is -0.120. The van der Waals surface area contributed by atoms with E-state index >= 15 is 0 Å². The van der Waals surface area contributed by atoms with E-state index in [1.54, 1.807) is 34.6 Å². The number of piperidine rings is 1. The molecule has 0 atom stereocenters. The second-order valence-electron chi connectivity index (χ2n) is 9.93. The molecule has 182 valence electrons. The molecular formula is C29H32N2O3S. The Morgan fingerprint density at radius 1 is 0.943 bits per heavy atom. The molecule has 5 rings (SSSR count). The Hall–Kier alpha value is -2.96. The average Bonchev–Trinajstić information content (AvgIpc) is 3.10. The number of sulfonamides is 1. The first-order chi connectivity index (χ1) is 16.7. The SMILES string of the molecule is CCN1/C(=C/C(=O)c2ccc(S(=O)(=O)N3CCCCC3)cc2)C(C)(C)c2c1ccc1ccccc21. The third-order valence-corrected chi connectivity index (χ3v) is 9.34. The minimum atomic E-state index is -3.52. The normalized spacial score (nSPS) is 19.3. The monoisotopic (exact) mass is 488 g/mol. The molecule has 0 saturated carbocycles. The van der Waals surface area contributed by atoms with Crippen LogP contribution in [0.4, 0.5) is 5.69 Å². The fourth-order valence-electron chi connectivity index (χ4n) is 5.59. The maximum absolute atomic E-state index is 13.4. The van der Waals surface area contributed by atoms with Crippen molar-refractivity contribution in [2.24, 2.45) is 0 Å². The van der Waals surface area contributed by atoms with Gasteiger partial charge in [0.05, 0.1) is 4.90 Å². The van der Waals surface area contributed by atoms with E-state index in [0.717, 1.165) is 37.2 Å². The summed E-state index contributed by atoms with van der Waals surface area (Å²) < 4.78 is 27.5. The van der Waals surface area contributed by atoms with Crippen molar-refractivity contribution < 1.29 is 13.2 Å². The van der Waals surface area contributed by atoms with Crippen LogP contribution < -0.4 is 4.90 Å². The van der Waals surface area contributed by atoms with Crippen LogP contribution in [0.1, 0.15) is 56.0 Å². The average molecular weight is 489 g/mol. The van der Waals surface area contributed by atoms with Gasteiger partial charge in [-0.05, 0) is 66.4 Å². The summed E-state index contributed by atoms with van der Waals surface area (Å²) in [6.07, 6.45) is 4.58. The first kappa shape index (κ1) is 23.8. The highest BCUT2D eigenvalue weighted by Crippen LogP contribution is 2.50. The zero-order valence-electron chi connectivity index (χ0n) is 20.6. The van der Waals surface area contributed by atoms with Gasteiger partial charge in [-0.25, -0.2) is 8.42 Å². The van der Waals surface area contributed by atoms with Gasteiger partial charge in [-0.1, -0.05) is 50.6 Å². The van der Waals surface area contributed by atoms with Gasteiger partial charge in [-0.3, -0.25) is 4.79 Å². The Kier molecular flexibility index (Phi) is 6.06. The van der Waals surface area contributed by atoms with Crippen LogP contribution in [-0.4, -0.2) is 38.1 Å². The number of hydrogen-bond donors (Lipinski definition) is 0. The predicted molar refractivity (Wildman–Crippen MR) is 141 cm³/mol. The van der Waals surface area contributed by atoms with Crippen LogP contribution in [0.25, 0.3) is 10.8 Å². The number of carbonyl (C=O) groups is 1. The molecule has 5 nitrogen and oxygen atoms in total. The van der Waals surface area contributed by atoms with E-state index in [0.29, 0.717) is 18.7 Å². The largest absolute Gasteiger partial charge is 0.344 e. The molecule has 2 aliphatic rings. The van der Waals surface area contributed by atoms with Crippen LogP contribution in [0, 0.1) is 0 Å². The van der Waals surface area contributed by atoms with Crippen molar-refractivity contribution in [3.05, 3.63) is 83.6 Å². The van der Waals surface area contributed by atoms with E-state index in [-0.39, 0.29) is 16.1 Å². The van der Waals surface area contributed by atoms with E-state index in [1.165, 1.54) is 16.3 Å². The lowest BCUT2D eigenvalue weighted by Gasteiger charge is -2.26. The second-order valence-corrected chi connectivity index (χ2v) is 11.9. The first-order valence-corrected chi connectivity index (χ1v) is 13.9. The van der Waals surface area contributed by atoms with Crippen molar-refractivity contribution in [3.8, 4) is 0 Å². The molecule has 0 N–H and O–H groups in total. The van der Waals surface area contributed by atoms with Gasteiger partial charge < -0.3 is 4.90 Å². The molecule has 3 aromatic carbocycles. The summed E-state index contributed by atoms with van der Waals surface area (Å²) in [5, 5.41) is 2.39. The number of fused-ring (bicyclic) bond motifs is 3. The number of rotatable bonds is 5. The maximum Gasteiger partial charge on any atom is 0.243 e. The van der Waals surface area contributed by atoms with Crippen LogP contribution in [0.5, 0.6) is 0 Å².